The number of rotatable bonds is 2. The SMILES string of the molecule is NCC1CC(c2ccccc2)Cc2c1ccc(O)c2O. The van der Waals surface area contributed by atoms with Crippen molar-refractivity contribution in [3.8, 4) is 11.5 Å². The Hall–Kier alpha value is -2.00. The summed E-state index contributed by atoms with van der Waals surface area (Å²) in [6, 6.07) is 13.7. The number of hydrogen-bond acceptors (Lipinski definition) is 3. The highest BCUT2D eigenvalue weighted by molar-refractivity contribution is 5.52. The molecule has 0 heterocycles. The zero-order valence-corrected chi connectivity index (χ0v) is 11.3. The van der Waals surface area contributed by atoms with Gasteiger partial charge in [0.05, 0.1) is 0 Å². The van der Waals surface area contributed by atoms with Gasteiger partial charge in [0.1, 0.15) is 0 Å². The molecule has 2 atom stereocenters. The van der Waals surface area contributed by atoms with Crippen molar-refractivity contribution in [3.63, 3.8) is 0 Å². The summed E-state index contributed by atoms with van der Waals surface area (Å²) in [6.45, 7) is 0.556. The third-order valence-corrected chi connectivity index (χ3v) is 4.31. The fourth-order valence-electron chi connectivity index (χ4n) is 3.24. The van der Waals surface area contributed by atoms with Crippen molar-refractivity contribution in [1.82, 2.24) is 0 Å². The molecule has 3 nitrogen and oxygen atoms in total. The van der Waals surface area contributed by atoms with Crippen LogP contribution in [0.2, 0.25) is 0 Å². The van der Waals surface area contributed by atoms with Crippen LogP contribution in [0.4, 0.5) is 0 Å². The molecule has 1 aliphatic rings. The standard InChI is InChI=1S/C17H19NO2/c18-10-13-8-12(11-4-2-1-3-5-11)9-15-14(13)6-7-16(19)17(15)20/h1-7,12-13,19-20H,8-10,18H2. The normalized spacial score (nSPS) is 21.4. The fraction of sp³-hybridized carbons (Fsp3) is 0.294. The van der Waals surface area contributed by atoms with Crippen molar-refractivity contribution in [2.24, 2.45) is 5.73 Å². The van der Waals surface area contributed by atoms with Crippen LogP contribution >= 0.6 is 0 Å². The molecule has 104 valence electrons. The Balaban J connectivity index is 2.03. The van der Waals surface area contributed by atoms with E-state index in [0.29, 0.717) is 12.5 Å². The molecular formula is C17H19NO2. The van der Waals surface area contributed by atoms with E-state index in [4.69, 9.17) is 5.73 Å². The molecule has 0 radical (unpaired) electrons. The van der Waals surface area contributed by atoms with E-state index in [9.17, 15) is 10.2 Å². The van der Waals surface area contributed by atoms with Gasteiger partial charge in [-0.3, -0.25) is 0 Å². The molecule has 3 heteroatoms. The summed E-state index contributed by atoms with van der Waals surface area (Å²) in [7, 11) is 0. The van der Waals surface area contributed by atoms with Gasteiger partial charge in [-0.25, -0.2) is 0 Å². The molecule has 0 aromatic heterocycles. The maximum atomic E-state index is 10.1. The van der Waals surface area contributed by atoms with Crippen LogP contribution in [0.25, 0.3) is 0 Å². The lowest BCUT2D eigenvalue weighted by atomic mass is 9.74. The van der Waals surface area contributed by atoms with Crippen LogP contribution in [0, 0.1) is 0 Å². The third-order valence-electron chi connectivity index (χ3n) is 4.31. The van der Waals surface area contributed by atoms with Crippen molar-refractivity contribution in [2.45, 2.75) is 24.7 Å². The summed E-state index contributed by atoms with van der Waals surface area (Å²) >= 11 is 0. The number of hydrogen-bond donors (Lipinski definition) is 3. The van der Waals surface area contributed by atoms with E-state index in [1.54, 1.807) is 6.07 Å². The Bertz CT molecular complexity index is 610. The van der Waals surface area contributed by atoms with Crippen LogP contribution in [0.5, 0.6) is 11.5 Å². The van der Waals surface area contributed by atoms with E-state index in [1.165, 1.54) is 5.56 Å². The van der Waals surface area contributed by atoms with Crippen LogP contribution in [0.15, 0.2) is 42.5 Å². The van der Waals surface area contributed by atoms with Gasteiger partial charge in [-0.05, 0) is 48.4 Å². The lowest BCUT2D eigenvalue weighted by Gasteiger charge is -2.32. The van der Waals surface area contributed by atoms with Gasteiger partial charge in [0.2, 0.25) is 0 Å². The number of benzene rings is 2. The molecule has 4 N–H and O–H groups in total. The van der Waals surface area contributed by atoms with E-state index >= 15 is 0 Å². The fourth-order valence-corrected chi connectivity index (χ4v) is 3.24. The van der Waals surface area contributed by atoms with Crippen LogP contribution in [0.1, 0.15) is 34.9 Å². The first kappa shape index (κ1) is 13.0. The maximum Gasteiger partial charge on any atom is 0.160 e. The zero-order valence-electron chi connectivity index (χ0n) is 11.3. The highest BCUT2D eigenvalue weighted by atomic mass is 16.3. The van der Waals surface area contributed by atoms with Gasteiger partial charge in [0.15, 0.2) is 11.5 Å². The molecule has 0 saturated heterocycles. The Morgan fingerprint density at radius 1 is 1.05 bits per heavy atom. The van der Waals surface area contributed by atoms with Crippen LogP contribution in [-0.4, -0.2) is 16.8 Å². The first-order valence-electron chi connectivity index (χ1n) is 6.99. The van der Waals surface area contributed by atoms with E-state index < -0.39 is 0 Å². The Kier molecular flexibility index (Phi) is 3.36. The van der Waals surface area contributed by atoms with Crippen molar-refractivity contribution in [3.05, 3.63) is 59.2 Å². The molecule has 2 aromatic carbocycles. The van der Waals surface area contributed by atoms with E-state index in [-0.39, 0.29) is 17.4 Å². The summed E-state index contributed by atoms with van der Waals surface area (Å²) in [4.78, 5) is 0. The lowest BCUT2D eigenvalue weighted by Crippen LogP contribution is -2.23. The van der Waals surface area contributed by atoms with Crippen molar-refractivity contribution in [1.29, 1.82) is 0 Å². The summed E-state index contributed by atoms with van der Waals surface area (Å²) in [5.41, 5.74) is 9.09. The molecule has 2 aromatic rings. The molecule has 0 fully saturated rings. The second-order valence-corrected chi connectivity index (χ2v) is 5.48. The average molecular weight is 269 g/mol. The molecular weight excluding hydrogens is 250 g/mol. The second-order valence-electron chi connectivity index (χ2n) is 5.48. The van der Waals surface area contributed by atoms with Gasteiger partial charge in [0.25, 0.3) is 0 Å². The summed E-state index contributed by atoms with van der Waals surface area (Å²) in [5, 5.41) is 19.8. The molecule has 0 bridgehead atoms. The quantitative estimate of drug-likeness (QED) is 0.734. The smallest absolute Gasteiger partial charge is 0.160 e. The van der Waals surface area contributed by atoms with Gasteiger partial charge in [-0.2, -0.15) is 0 Å². The minimum Gasteiger partial charge on any atom is -0.504 e. The zero-order chi connectivity index (χ0) is 14.1. The minimum atomic E-state index is -0.0479. The van der Waals surface area contributed by atoms with Crippen LogP contribution in [0.3, 0.4) is 0 Å². The Morgan fingerprint density at radius 3 is 2.50 bits per heavy atom. The molecule has 3 rings (SSSR count). The first-order valence-corrected chi connectivity index (χ1v) is 6.99. The predicted octanol–water partition coefficient (Wildman–Crippen LogP) is 2.87. The van der Waals surface area contributed by atoms with E-state index in [2.05, 4.69) is 12.1 Å². The Morgan fingerprint density at radius 2 is 1.80 bits per heavy atom. The van der Waals surface area contributed by atoms with Crippen LogP contribution < -0.4 is 5.73 Å². The highest BCUT2D eigenvalue weighted by Gasteiger charge is 2.29. The van der Waals surface area contributed by atoms with Gasteiger partial charge in [-0.15, -0.1) is 0 Å². The molecule has 20 heavy (non-hydrogen) atoms. The van der Waals surface area contributed by atoms with Gasteiger partial charge in [0, 0.05) is 5.56 Å². The van der Waals surface area contributed by atoms with Crippen molar-refractivity contribution >= 4 is 0 Å². The van der Waals surface area contributed by atoms with Gasteiger partial charge in [-0.1, -0.05) is 36.4 Å². The molecule has 2 unspecified atom stereocenters. The summed E-state index contributed by atoms with van der Waals surface area (Å²) in [5.74, 6) is 0.537. The van der Waals surface area contributed by atoms with Gasteiger partial charge >= 0.3 is 0 Å². The molecule has 0 saturated carbocycles. The number of phenols is 2. The number of phenolic OH excluding ortho intramolecular Hbond substituents is 2. The van der Waals surface area contributed by atoms with E-state index in [0.717, 1.165) is 24.0 Å². The number of fused-ring (bicyclic) bond motifs is 1. The first-order chi connectivity index (χ1) is 9.70. The summed E-state index contributed by atoms with van der Waals surface area (Å²) < 4.78 is 0. The van der Waals surface area contributed by atoms with E-state index in [1.807, 2.05) is 24.3 Å². The van der Waals surface area contributed by atoms with Gasteiger partial charge < -0.3 is 15.9 Å². The van der Waals surface area contributed by atoms with Crippen molar-refractivity contribution < 1.29 is 10.2 Å². The molecule has 1 aliphatic carbocycles. The monoisotopic (exact) mass is 269 g/mol. The number of nitrogens with two attached hydrogens (primary N) is 1. The average Bonchev–Trinajstić information content (AvgIpc) is 2.51. The molecule has 0 spiro atoms. The third kappa shape index (κ3) is 2.14. The van der Waals surface area contributed by atoms with Crippen LogP contribution in [-0.2, 0) is 6.42 Å². The second kappa shape index (κ2) is 5.17. The Labute approximate surface area is 118 Å². The lowest BCUT2D eigenvalue weighted by molar-refractivity contribution is 0.388. The predicted molar refractivity (Wildman–Crippen MR) is 79.1 cm³/mol. The minimum absolute atomic E-state index is 0.0154. The molecule has 0 amide bonds. The topological polar surface area (TPSA) is 66.5 Å². The van der Waals surface area contributed by atoms with Crippen molar-refractivity contribution in [2.75, 3.05) is 6.54 Å². The maximum absolute atomic E-state index is 10.1. The largest absolute Gasteiger partial charge is 0.504 e. The summed E-state index contributed by atoms with van der Waals surface area (Å²) in [6.07, 6.45) is 1.73. The highest BCUT2D eigenvalue weighted by Crippen LogP contribution is 2.45. The number of aromatic hydroxyl groups is 2. The molecule has 0 aliphatic heterocycles.